The third-order valence-electron chi connectivity index (χ3n) is 6.03. The number of hydrogen-bond donors (Lipinski definition) is 1. The first-order chi connectivity index (χ1) is 15.7. The van der Waals surface area contributed by atoms with E-state index in [0.717, 1.165) is 43.9 Å². The van der Waals surface area contributed by atoms with Crippen molar-refractivity contribution in [2.24, 2.45) is 0 Å². The predicted molar refractivity (Wildman–Crippen MR) is 129 cm³/mol. The Balaban J connectivity index is 1.41. The molecule has 0 bridgehead atoms. The molecule has 0 radical (unpaired) electrons. The van der Waals surface area contributed by atoms with E-state index in [4.69, 9.17) is 5.26 Å². The third-order valence-corrected chi connectivity index (χ3v) is 6.03. The van der Waals surface area contributed by atoms with Crippen LogP contribution in [0.1, 0.15) is 40.9 Å². The van der Waals surface area contributed by atoms with Gasteiger partial charge < -0.3 is 15.1 Å². The molecule has 1 fully saturated rings. The van der Waals surface area contributed by atoms with Crippen molar-refractivity contribution in [1.29, 1.82) is 5.26 Å². The fraction of sp³-hybridized carbons (Fsp3) is 0.259. The zero-order chi connectivity index (χ0) is 22.3. The number of anilines is 2. The van der Waals surface area contributed by atoms with Gasteiger partial charge in [0.25, 0.3) is 5.91 Å². The lowest BCUT2D eigenvalue weighted by Gasteiger charge is -2.37. The Morgan fingerprint density at radius 1 is 0.906 bits per heavy atom. The van der Waals surface area contributed by atoms with Crippen molar-refractivity contribution in [3.63, 3.8) is 0 Å². The summed E-state index contributed by atoms with van der Waals surface area (Å²) in [4.78, 5) is 17.4. The first kappa shape index (κ1) is 21.5. The maximum atomic E-state index is 12.6. The standard InChI is InChI=1S/C27H28N4O/c1-2-26(29-27(32)22-7-4-3-5-8-22)23-9-6-10-25(19-23)31-17-15-30(16-18-31)24-13-11-21(20-28)12-14-24/h3-14,19,26H,2,15-18H2,1H3,(H,29,32). The van der Waals surface area contributed by atoms with Crippen LogP contribution in [0.4, 0.5) is 11.4 Å². The van der Waals surface area contributed by atoms with Gasteiger partial charge in [-0.1, -0.05) is 37.3 Å². The Kier molecular flexibility index (Phi) is 6.72. The monoisotopic (exact) mass is 424 g/mol. The number of carbonyl (C=O) groups excluding carboxylic acids is 1. The number of hydrogen-bond acceptors (Lipinski definition) is 4. The topological polar surface area (TPSA) is 59.4 Å². The van der Waals surface area contributed by atoms with E-state index in [1.54, 1.807) is 0 Å². The average Bonchev–Trinajstić information content (AvgIpc) is 2.88. The molecule has 3 aromatic carbocycles. The minimum Gasteiger partial charge on any atom is -0.368 e. The van der Waals surface area contributed by atoms with Gasteiger partial charge >= 0.3 is 0 Å². The molecule has 1 saturated heterocycles. The van der Waals surface area contributed by atoms with Crippen LogP contribution >= 0.6 is 0 Å². The zero-order valence-electron chi connectivity index (χ0n) is 18.4. The van der Waals surface area contributed by atoms with Crippen LogP contribution in [0, 0.1) is 11.3 Å². The summed E-state index contributed by atoms with van der Waals surface area (Å²) in [5.41, 5.74) is 4.85. The quantitative estimate of drug-likeness (QED) is 0.619. The molecule has 1 heterocycles. The van der Waals surface area contributed by atoms with Crippen molar-refractivity contribution >= 4 is 17.3 Å². The second-order valence-corrected chi connectivity index (χ2v) is 8.03. The molecule has 0 aliphatic carbocycles. The Morgan fingerprint density at radius 3 is 2.19 bits per heavy atom. The first-order valence-electron chi connectivity index (χ1n) is 11.1. The van der Waals surface area contributed by atoms with Gasteiger partial charge in [0.15, 0.2) is 0 Å². The fourth-order valence-corrected chi connectivity index (χ4v) is 4.16. The zero-order valence-corrected chi connectivity index (χ0v) is 18.4. The second-order valence-electron chi connectivity index (χ2n) is 8.03. The number of amides is 1. The molecule has 1 aliphatic heterocycles. The predicted octanol–water partition coefficient (Wildman–Crippen LogP) is 4.77. The van der Waals surface area contributed by atoms with Crippen molar-refractivity contribution in [2.45, 2.75) is 19.4 Å². The molecule has 3 aromatic rings. The molecule has 0 aromatic heterocycles. The first-order valence-corrected chi connectivity index (χ1v) is 11.1. The van der Waals surface area contributed by atoms with Crippen LogP contribution in [0.25, 0.3) is 0 Å². The summed E-state index contributed by atoms with van der Waals surface area (Å²) < 4.78 is 0. The summed E-state index contributed by atoms with van der Waals surface area (Å²) in [6.45, 7) is 5.81. The summed E-state index contributed by atoms with van der Waals surface area (Å²) in [5.74, 6) is -0.0427. The summed E-state index contributed by atoms with van der Waals surface area (Å²) in [6.07, 6.45) is 0.828. The Hall–Kier alpha value is -3.78. The lowest BCUT2D eigenvalue weighted by Crippen LogP contribution is -2.46. The molecule has 1 atom stereocenters. The van der Waals surface area contributed by atoms with Crippen LogP contribution in [0.5, 0.6) is 0 Å². The van der Waals surface area contributed by atoms with Gasteiger partial charge in [0, 0.05) is 43.1 Å². The highest BCUT2D eigenvalue weighted by atomic mass is 16.1. The van der Waals surface area contributed by atoms with E-state index in [-0.39, 0.29) is 11.9 Å². The van der Waals surface area contributed by atoms with Gasteiger partial charge in [-0.05, 0) is 60.5 Å². The third kappa shape index (κ3) is 4.92. The molecule has 162 valence electrons. The maximum absolute atomic E-state index is 12.6. The number of nitriles is 1. The molecular weight excluding hydrogens is 396 g/mol. The number of nitrogens with zero attached hydrogens (tertiary/aromatic N) is 3. The van der Waals surface area contributed by atoms with E-state index >= 15 is 0 Å². The molecule has 1 N–H and O–H groups in total. The van der Waals surface area contributed by atoms with Crippen LogP contribution < -0.4 is 15.1 Å². The summed E-state index contributed by atoms with van der Waals surface area (Å²) in [7, 11) is 0. The van der Waals surface area contributed by atoms with Crippen LogP contribution in [0.3, 0.4) is 0 Å². The van der Waals surface area contributed by atoms with Crippen molar-refractivity contribution in [2.75, 3.05) is 36.0 Å². The van der Waals surface area contributed by atoms with Crippen molar-refractivity contribution < 1.29 is 4.79 Å². The number of benzene rings is 3. The van der Waals surface area contributed by atoms with Crippen LogP contribution in [0.2, 0.25) is 0 Å². The smallest absolute Gasteiger partial charge is 0.251 e. The van der Waals surface area contributed by atoms with Crippen molar-refractivity contribution in [3.8, 4) is 6.07 Å². The van der Waals surface area contributed by atoms with Gasteiger partial charge in [-0.25, -0.2) is 0 Å². The van der Waals surface area contributed by atoms with E-state index in [2.05, 4.69) is 52.4 Å². The highest BCUT2D eigenvalue weighted by molar-refractivity contribution is 5.94. The van der Waals surface area contributed by atoms with Crippen molar-refractivity contribution in [3.05, 3.63) is 95.6 Å². The Bertz CT molecular complexity index is 1080. The van der Waals surface area contributed by atoms with Gasteiger partial charge in [0.2, 0.25) is 0 Å². The molecule has 4 rings (SSSR count). The Labute approximate surface area is 189 Å². The molecule has 1 amide bonds. The van der Waals surface area contributed by atoms with E-state index in [9.17, 15) is 4.79 Å². The van der Waals surface area contributed by atoms with Gasteiger partial charge in [0.1, 0.15) is 0 Å². The molecule has 0 saturated carbocycles. The van der Waals surface area contributed by atoms with E-state index in [0.29, 0.717) is 11.1 Å². The summed E-state index contributed by atoms with van der Waals surface area (Å²) in [6, 6.07) is 27.8. The lowest BCUT2D eigenvalue weighted by molar-refractivity contribution is 0.0935. The second kappa shape index (κ2) is 10.0. The lowest BCUT2D eigenvalue weighted by atomic mass is 10.0. The normalized spacial score (nSPS) is 14.5. The van der Waals surface area contributed by atoms with Crippen LogP contribution in [-0.4, -0.2) is 32.1 Å². The highest BCUT2D eigenvalue weighted by Crippen LogP contribution is 2.25. The molecule has 1 aliphatic rings. The molecule has 5 heteroatoms. The number of piperazine rings is 1. The summed E-state index contributed by atoms with van der Waals surface area (Å²) >= 11 is 0. The number of rotatable bonds is 6. The molecular formula is C27H28N4O. The van der Waals surface area contributed by atoms with Crippen LogP contribution in [0.15, 0.2) is 78.9 Å². The van der Waals surface area contributed by atoms with Gasteiger partial charge in [-0.15, -0.1) is 0 Å². The number of carbonyl (C=O) groups is 1. The van der Waals surface area contributed by atoms with Gasteiger partial charge in [0.05, 0.1) is 17.7 Å². The minimum absolute atomic E-state index is 0.0254. The maximum Gasteiger partial charge on any atom is 0.251 e. The van der Waals surface area contributed by atoms with Gasteiger partial charge in [-0.3, -0.25) is 4.79 Å². The van der Waals surface area contributed by atoms with E-state index < -0.39 is 0 Å². The van der Waals surface area contributed by atoms with E-state index in [1.807, 2.05) is 54.6 Å². The van der Waals surface area contributed by atoms with E-state index in [1.165, 1.54) is 5.69 Å². The van der Waals surface area contributed by atoms with Crippen LogP contribution in [-0.2, 0) is 0 Å². The number of nitrogens with one attached hydrogen (secondary N) is 1. The molecule has 32 heavy (non-hydrogen) atoms. The highest BCUT2D eigenvalue weighted by Gasteiger charge is 2.19. The largest absolute Gasteiger partial charge is 0.368 e. The molecule has 5 nitrogen and oxygen atoms in total. The average molecular weight is 425 g/mol. The van der Waals surface area contributed by atoms with Crippen molar-refractivity contribution in [1.82, 2.24) is 5.32 Å². The fourth-order valence-electron chi connectivity index (χ4n) is 4.16. The Morgan fingerprint density at radius 2 is 1.56 bits per heavy atom. The molecule has 0 spiro atoms. The molecule has 1 unspecified atom stereocenters. The van der Waals surface area contributed by atoms with Gasteiger partial charge in [-0.2, -0.15) is 5.26 Å². The minimum atomic E-state index is -0.0427. The SMILES string of the molecule is CCC(NC(=O)c1ccccc1)c1cccc(N2CCN(c3ccc(C#N)cc3)CC2)c1. The summed E-state index contributed by atoms with van der Waals surface area (Å²) in [5, 5.41) is 12.2.